The number of aromatic nitrogens is 2. The maximum absolute atomic E-state index is 4.16. The highest BCUT2D eigenvalue weighted by Gasteiger charge is 2.26. The Bertz CT molecular complexity index is 497. The smallest absolute Gasteiger partial charge is 0.0954 e. The van der Waals surface area contributed by atoms with Crippen molar-refractivity contribution in [1.29, 1.82) is 0 Å². The van der Waals surface area contributed by atoms with Crippen LogP contribution in [0.25, 0.3) is 0 Å². The van der Waals surface area contributed by atoms with Crippen molar-refractivity contribution >= 4 is 0 Å². The predicted octanol–water partition coefficient (Wildman–Crippen LogP) is 2.58. The maximum Gasteiger partial charge on any atom is 0.0954 e. The van der Waals surface area contributed by atoms with Gasteiger partial charge in [0.2, 0.25) is 0 Å². The first kappa shape index (κ1) is 8.48. The van der Waals surface area contributed by atoms with Crippen LogP contribution in [0.4, 0.5) is 0 Å². The van der Waals surface area contributed by atoms with Gasteiger partial charge in [-0.1, -0.05) is 30.8 Å². The lowest BCUT2D eigenvalue weighted by atomic mass is 10.1. The quantitative estimate of drug-likeness (QED) is 0.641. The van der Waals surface area contributed by atoms with Crippen molar-refractivity contribution in [3.8, 4) is 0 Å². The zero-order valence-corrected chi connectivity index (χ0v) is 8.43. The lowest BCUT2D eigenvalue weighted by Crippen LogP contribution is -2.06. The van der Waals surface area contributed by atoms with E-state index in [0.29, 0.717) is 0 Å². The van der Waals surface area contributed by atoms with Crippen LogP contribution in [-0.4, -0.2) is 9.55 Å². The molecule has 0 spiro atoms. The van der Waals surface area contributed by atoms with E-state index in [-0.39, 0.29) is 6.04 Å². The van der Waals surface area contributed by atoms with E-state index in [1.807, 2.05) is 18.7 Å². The summed E-state index contributed by atoms with van der Waals surface area (Å²) >= 11 is 0. The SMILES string of the molecule is C=C1Cc2ccccc2C1n1ccnc1. The standard InChI is InChI=1S/C13H12N2/c1-10-8-11-4-2-3-5-12(11)13(10)15-7-6-14-9-15/h2-7,9,13H,1,8H2. The summed E-state index contributed by atoms with van der Waals surface area (Å²) in [5.41, 5.74) is 4.00. The number of rotatable bonds is 1. The van der Waals surface area contributed by atoms with Crippen LogP contribution in [0, 0.1) is 0 Å². The maximum atomic E-state index is 4.16. The number of hydrogen-bond donors (Lipinski definition) is 0. The Morgan fingerprint density at radius 2 is 2.20 bits per heavy atom. The van der Waals surface area contributed by atoms with Gasteiger partial charge >= 0.3 is 0 Å². The molecule has 0 aliphatic heterocycles. The first-order chi connectivity index (χ1) is 7.36. The average Bonchev–Trinajstić information content (AvgIpc) is 2.82. The highest BCUT2D eigenvalue weighted by atomic mass is 15.1. The van der Waals surface area contributed by atoms with Crippen molar-refractivity contribution in [1.82, 2.24) is 9.55 Å². The number of imidazole rings is 1. The Balaban J connectivity index is 2.14. The molecule has 0 fully saturated rings. The van der Waals surface area contributed by atoms with E-state index in [1.54, 1.807) is 0 Å². The monoisotopic (exact) mass is 196 g/mol. The van der Waals surface area contributed by atoms with Gasteiger partial charge in [0.25, 0.3) is 0 Å². The molecule has 1 aromatic carbocycles. The summed E-state index contributed by atoms with van der Waals surface area (Å²) in [5.74, 6) is 0. The van der Waals surface area contributed by atoms with Gasteiger partial charge in [-0.3, -0.25) is 0 Å². The van der Waals surface area contributed by atoms with Crippen LogP contribution in [0.15, 0.2) is 55.1 Å². The molecular formula is C13H12N2. The predicted molar refractivity (Wildman–Crippen MR) is 59.7 cm³/mol. The van der Waals surface area contributed by atoms with Crippen LogP contribution < -0.4 is 0 Å². The number of hydrogen-bond acceptors (Lipinski definition) is 1. The van der Waals surface area contributed by atoms with Gasteiger partial charge in [0, 0.05) is 12.4 Å². The average molecular weight is 196 g/mol. The van der Waals surface area contributed by atoms with Crippen molar-refractivity contribution in [2.24, 2.45) is 0 Å². The van der Waals surface area contributed by atoms with Crippen LogP contribution in [0.2, 0.25) is 0 Å². The Labute approximate surface area is 88.9 Å². The first-order valence-corrected chi connectivity index (χ1v) is 5.09. The molecule has 74 valence electrons. The van der Waals surface area contributed by atoms with E-state index in [0.717, 1.165) is 6.42 Å². The van der Waals surface area contributed by atoms with E-state index in [1.165, 1.54) is 16.7 Å². The molecule has 1 aliphatic carbocycles. The topological polar surface area (TPSA) is 17.8 Å². The third-order valence-electron chi connectivity index (χ3n) is 2.98. The normalized spacial score (nSPS) is 19.2. The minimum absolute atomic E-state index is 0.281. The summed E-state index contributed by atoms with van der Waals surface area (Å²) in [6.07, 6.45) is 6.66. The minimum atomic E-state index is 0.281. The summed E-state index contributed by atoms with van der Waals surface area (Å²) in [6.45, 7) is 4.16. The molecule has 0 saturated carbocycles. The second-order valence-electron chi connectivity index (χ2n) is 3.95. The zero-order valence-electron chi connectivity index (χ0n) is 8.43. The molecule has 0 N–H and O–H groups in total. The zero-order chi connectivity index (χ0) is 10.3. The molecule has 1 atom stereocenters. The second-order valence-corrected chi connectivity index (χ2v) is 3.95. The lowest BCUT2D eigenvalue weighted by molar-refractivity contribution is 0.681. The number of benzene rings is 1. The third kappa shape index (κ3) is 1.22. The second kappa shape index (κ2) is 3.09. The number of fused-ring (bicyclic) bond motifs is 1. The van der Waals surface area contributed by atoms with Crippen LogP contribution in [0.3, 0.4) is 0 Å². The number of allylic oxidation sites excluding steroid dienone is 1. The van der Waals surface area contributed by atoms with Gasteiger partial charge in [-0.15, -0.1) is 0 Å². The Kier molecular flexibility index (Phi) is 1.75. The van der Waals surface area contributed by atoms with E-state index in [2.05, 4.69) is 40.4 Å². The summed E-state index contributed by atoms with van der Waals surface area (Å²) in [4.78, 5) is 4.10. The molecule has 0 amide bonds. The van der Waals surface area contributed by atoms with Gasteiger partial charge in [-0.25, -0.2) is 4.98 Å². The highest BCUT2D eigenvalue weighted by molar-refractivity contribution is 5.44. The van der Waals surface area contributed by atoms with E-state index in [4.69, 9.17) is 0 Å². The first-order valence-electron chi connectivity index (χ1n) is 5.09. The van der Waals surface area contributed by atoms with Gasteiger partial charge in [-0.2, -0.15) is 0 Å². The van der Waals surface area contributed by atoms with E-state index in [9.17, 15) is 0 Å². The van der Waals surface area contributed by atoms with Crippen LogP contribution >= 0.6 is 0 Å². The molecule has 2 aromatic rings. The molecule has 3 rings (SSSR count). The van der Waals surface area contributed by atoms with Crippen LogP contribution in [-0.2, 0) is 6.42 Å². The lowest BCUT2D eigenvalue weighted by Gasteiger charge is -2.14. The van der Waals surface area contributed by atoms with Crippen LogP contribution in [0.1, 0.15) is 17.2 Å². The van der Waals surface area contributed by atoms with Crippen molar-refractivity contribution in [3.63, 3.8) is 0 Å². The Morgan fingerprint density at radius 3 is 3.00 bits per heavy atom. The van der Waals surface area contributed by atoms with Crippen molar-refractivity contribution in [3.05, 3.63) is 66.3 Å². The van der Waals surface area contributed by atoms with Gasteiger partial charge in [0.05, 0.1) is 12.4 Å². The molecule has 0 saturated heterocycles. The highest BCUT2D eigenvalue weighted by Crippen LogP contribution is 2.37. The van der Waals surface area contributed by atoms with Crippen LogP contribution in [0.5, 0.6) is 0 Å². The molecule has 1 heterocycles. The summed E-state index contributed by atoms with van der Waals surface area (Å²) < 4.78 is 2.12. The van der Waals surface area contributed by atoms with Gasteiger partial charge in [0.15, 0.2) is 0 Å². The molecule has 2 heteroatoms. The number of nitrogens with zero attached hydrogens (tertiary/aromatic N) is 2. The van der Waals surface area contributed by atoms with Gasteiger partial charge in [0.1, 0.15) is 0 Å². The molecule has 0 radical (unpaired) electrons. The van der Waals surface area contributed by atoms with Crippen molar-refractivity contribution < 1.29 is 0 Å². The molecule has 15 heavy (non-hydrogen) atoms. The van der Waals surface area contributed by atoms with E-state index >= 15 is 0 Å². The van der Waals surface area contributed by atoms with Crippen molar-refractivity contribution in [2.75, 3.05) is 0 Å². The van der Waals surface area contributed by atoms with Gasteiger partial charge < -0.3 is 4.57 Å². The fourth-order valence-corrected chi connectivity index (χ4v) is 2.32. The van der Waals surface area contributed by atoms with Crippen molar-refractivity contribution in [2.45, 2.75) is 12.5 Å². The van der Waals surface area contributed by atoms with Gasteiger partial charge in [-0.05, 0) is 23.1 Å². The molecule has 0 bridgehead atoms. The Hall–Kier alpha value is -1.83. The molecule has 1 unspecified atom stereocenters. The van der Waals surface area contributed by atoms with E-state index < -0.39 is 0 Å². The molecule has 1 aromatic heterocycles. The Morgan fingerprint density at radius 1 is 1.33 bits per heavy atom. The largest absolute Gasteiger partial charge is 0.326 e. The third-order valence-corrected chi connectivity index (χ3v) is 2.98. The fraction of sp³-hybridized carbons (Fsp3) is 0.154. The summed E-state index contributed by atoms with van der Waals surface area (Å²) in [5, 5.41) is 0. The summed E-state index contributed by atoms with van der Waals surface area (Å²) in [6, 6.07) is 8.81. The molecule has 2 nitrogen and oxygen atoms in total. The fourth-order valence-electron chi connectivity index (χ4n) is 2.32. The molecule has 1 aliphatic rings. The minimum Gasteiger partial charge on any atom is -0.326 e. The summed E-state index contributed by atoms with van der Waals surface area (Å²) in [7, 11) is 0. The molecular weight excluding hydrogens is 184 g/mol.